The van der Waals surface area contributed by atoms with Gasteiger partial charge in [-0.15, -0.1) is 0 Å². The molecule has 1 aliphatic heterocycles. The third kappa shape index (κ3) is 5.65. The predicted molar refractivity (Wildman–Crippen MR) is 153 cm³/mol. The van der Waals surface area contributed by atoms with Gasteiger partial charge in [0.05, 0.1) is 5.69 Å². The Bertz CT molecular complexity index is 1620. The number of carbonyl (C=O) groups is 3. The first-order valence-electron chi connectivity index (χ1n) is 11.9. The van der Waals surface area contributed by atoms with Crippen molar-refractivity contribution in [1.82, 2.24) is 0 Å². The number of nitrogens with zero attached hydrogens (tertiary/aromatic N) is 1. The monoisotopic (exact) mass is 557 g/mol. The normalized spacial score (nSPS) is 13.1. The van der Waals surface area contributed by atoms with E-state index in [0.717, 1.165) is 10.5 Å². The van der Waals surface area contributed by atoms with E-state index in [1.807, 2.05) is 30.3 Å². The van der Waals surface area contributed by atoms with Crippen LogP contribution in [0, 0.1) is 6.92 Å². The van der Waals surface area contributed by atoms with Crippen LogP contribution in [-0.2, 0) is 9.59 Å². The van der Waals surface area contributed by atoms with Crippen molar-refractivity contribution in [3.05, 3.63) is 124 Å². The number of benzene rings is 4. The van der Waals surface area contributed by atoms with Crippen molar-refractivity contribution >= 4 is 58.0 Å². The van der Waals surface area contributed by atoms with Gasteiger partial charge in [-0.05, 0) is 79.2 Å². The number of hydrogen-bond acceptors (Lipinski definition) is 5. The topological polar surface area (TPSA) is 87.7 Å². The lowest BCUT2D eigenvalue weighted by molar-refractivity contribution is -0.120. The molecule has 4 aromatic rings. The Kier molecular flexibility index (Phi) is 7.36. The average Bonchev–Trinajstić information content (AvgIpc) is 3.14. The highest BCUT2D eigenvalue weighted by Gasteiger charge is 2.39. The van der Waals surface area contributed by atoms with Crippen molar-refractivity contribution in [2.75, 3.05) is 15.5 Å². The molecule has 9 heteroatoms. The molecule has 3 amide bonds. The molecular formula is C30H21Cl2N3O4. The molecular weight excluding hydrogens is 537 g/mol. The number of rotatable bonds is 7. The number of amides is 3. The Morgan fingerprint density at radius 1 is 0.795 bits per heavy atom. The van der Waals surface area contributed by atoms with Crippen LogP contribution in [0.5, 0.6) is 11.5 Å². The van der Waals surface area contributed by atoms with E-state index < -0.39 is 11.8 Å². The third-order valence-electron chi connectivity index (χ3n) is 5.94. The minimum Gasteiger partial charge on any atom is -0.457 e. The number of imide groups is 1. The molecule has 0 bridgehead atoms. The molecule has 0 unspecified atom stereocenters. The lowest BCUT2D eigenvalue weighted by Gasteiger charge is -2.16. The summed E-state index contributed by atoms with van der Waals surface area (Å²) in [5.41, 5.74) is 2.33. The third-order valence-corrected chi connectivity index (χ3v) is 6.53. The molecule has 5 rings (SSSR count). The summed E-state index contributed by atoms with van der Waals surface area (Å²) < 4.78 is 5.78. The zero-order valence-corrected chi connectivity index (χ0v) is 22.1. The first-order valence-corrected chi connectivity index (χ1v) is 12.6. The molecule has 0 saturated heterocycles. The van der Waals surface area contributed by atoms with Crippen molar-refractivity contribution in [1.29, 1.82) is 0 Å². The van der Waals surface area contributed by atoms with Crippen molar-refractivity contribution < 1.29 is 19.1 Å². The second-order valence-corrected chi connectivity index (χ2v) is 9.48. The number of hydrogen-bond donors (Lipinski definition) is 2. The summed E-state index contributed by atoms with van der Waals surface area (Å²) in [7, 11) is 0. The maximum Gasteiger partial charge on any atom is 0.283 e. The van der Waals surface area contributed by atoms with Crippen LogP contribution in [0.3, 0.4) is 0 Å². The molecule has 7 nitrogen and oxygen atoms in total. The quantitative estimate of drug-likeness (QED) is 0.236. The number of ether oxygens (including phenoxy) is 1. The second-order valence-electron chi connectivity index (χ2n) is 8.66. The minimum atomic E-state index is -0.669. The molecule has 1 aliphatic rings. The summed E-state index contributed by atoms with van der Waals surface area (Å²) in [4.78, 5) is 39.8. The summed E-state index contributed by atoms with van der Waals surface area (Å²) in [6, 6.07) is 27.7. The van der Waals surface area contributed by atoms with Gasteiger partial charge in [0.15, 0.2) is 0 Å². The summed E-state index contributed by atoms with van der Waals surface area (Å²) in [6.07, 6.45) is 0. The Morgan fingerprint density at radius 3 is 2.23 bits per heavy atom. The van der Waals surface area contributed by atoms with Crippen LogP contribution in [-0.4, -0.2) is 17.7 Å². The minimum absolute atomic E-state index is 0.0868. The van der Waals surface area contributed by atoms with Crippen LogP contribution in [0.25, 0.3) is 0 Å². The molecule has 0 fully saturated rings. The second kappa shape index (κ2) is 11.0. The van der Waals surface area contributed by atoms with Gasteiger partial charge in [0, 0.05) is 22.0 Å². The molecule has 0 radical (unpaired) electrons. The summed E-state index contributed by atoms with van der Waals surface area (Å²) >= 11 is 12.3. The highest BCUT2D eigenvalue weighted by atomic mass is 35.5. The van der Waals surface area contributed by atoms with E-state index >= 15 is 0 Å². The number of aryl methyl sites for hydroxylation is 1. The number of anilines is 3. The number of para-hydroxylation sites is 1. The number of nitrogens with one attached hydrogen (secondary N) is 2. The lowest BCUT2D eigenvalue weighted by Crippen LogP contribution is -2.32. The fourth-order valence-electron chi connectivity index (χ4n) is 3.93. The van der Waals surface area contributed by atoms with Gasteiger partial charge < -0.3 is 15.4 Å². The maximum atomic E-state index is 13.1. The largest absolute Gasteiger partial charge is 0.457 e. The van der Waals surface area contributed by atoms with E-state index in [2.05, 4.69) is 10.6 Å². The molecule has 39 heavy (non-hydrogen) atoms. The Labute approximate surface area is 234 Å². The van der Waals surface area contributed by atoms with E-state index in [1.165, 1.54) is 6.07 Å². The fourth-order valence-corrected chi connectivity index (χ4v) is 4.32. The molecule has 0 spiro atoms. The average molecular weight is 558 g/mol. The van der Waals surface area contributed by atoms with Gasteiger partial charge in [0.2, 0.25) is 0 Å². The van der Waals surface area contributed by atoms with Crippen molar-refractivity contribution in [2.24, 2.45) is 0 Å². The van der Waals surface area contributed by atoms with Crippen molar-refractivity contribution in [2.45, 2.75) is 6.92 Å². The summed E-state index contributed by atoms with van der Waals surface area (Å²) in [5.74, 6) is -0.308. The maximum absolute atomic E-state index is 13.1. The van der Waals surface area contributed by atoms with E-state index in [-0.39, 0.29) is 16.6 Å². The highest BCUT2D eigenvalue weighted by molar-refractivity contribution is 6.53. The molecule has 194 valence electrons. The lowest BCUT2D eigenvalue weighted by atomic mass is 10.1. The van der Waals surface area contributed by atoms with Gasteiger partial charge >= 0.3 is 0 Å². The van der Waals surface area contributed by atoms with Crippen LogP contribution in [0.15, 0.2) is 108 Å². The van der Waals surface area contributed by atoms with E-state index in [9.17, 15) is 14.4 Å². The van der Waals surface area contributed by atoms with Gasteiger partial charge in [-0.3, -0.25) is 14.4 Å². The summed E-state index contributed by atoms with van der Waals surface area (Å²) in [5, 5.41) is 5.91. The van der Waals surface area contributed by atoms with Gasteiger partial charge in [0.1, 0.15) is 22.2 Å². The molecule has 0 atom stereocenters. The smallest absolute Gasteiger partial charge is 0.283 e. The molecule has 0 saturated carbocycles. The van der Waals surface area contributed by atoms with E-state index in [4.69, 9.17) is 27.9 Å². The predicted octanol–water partition coefficient (Wildman–Crippen LogP) is 7.13. The Morgan fingerprint density at radius 2 is 1.51 bits per heavy atom. The highest BCUT2D eigenvalue weighted by Crippen LogP contribution is 2.32. The molecule has 4 aromatic carbocycles. The summed E-state index contributed by atoms with van der Waals surface area (Å²) in [6.45, 7) is 1.81. The Hall–Kier alpha value is -4.59. The number of carbonyl (C=O) groups excluding carboxylic acids is 3. The van der Waals surface area contributed by atoms with Gasteiger partial charge in [-0.25, -0.2) is 4.90 Å². The molecule has 0 aromatic heterocycles. The first kappa shape index (κ1) is 26.0. The standard InChI is InChI=1S/C30H21Cl2N3O4/c1-18-10-11-19(28(36)33-21-12-14-24(15-13-21)39-23-8-3-2-4-9-23)16-25(18)34-27-26(32)29(37)35(30(27)38)22-7-5-6-20(31)17-22/h2-17,34H,1H3,(H,33,36). The van der Waals surface area contributed by atoms with E-state index in [0.29, 0.717) is 39.1 Å². The molecule has 1 heterocycles. The zero-order chi connectivity index (χ0) is 27.5. The molecule has 0 aliphatic carbocycles. The van der Waals surface area contributed by atoms with Crippen molar-refractivity contribution in [3.8, 4) is 11.5 Å². The van der Waals surface area contributed by atoms with Crippen molar-refractivity contribution in [3.63, 3.8) is 0 Å². The van der Waals surface area contributed by atoms with Gasteiger partial charge in [0.25, 0.3) is 17.7 Å². The Balaban J connectivity index is 1.30. The van der Waals surface area contributed by atoms with Crippen LogP contribution in [0.2, 0.25) is 5.02 Å². The number of halogens is 2. The SMILES string of the molecule is Cc1ccc(C(=O)Nc2ccc(Oc3ccccc3)cc2)cc1NC1=C(Cl)C(=O)N(c2cccc(Cl)c2)C1=O. The zero-order valence-electron chi connectivity index (χ0n) is 20.6. The van der Waals surface area contributed by atoms with Crippen LogP contribution in [0.1, 0.15) is 15.9 Å². The van der Waals surface area contributed by atoms with E-state index in [1.54, 1.807) is 67.6 Å². The fraction of sp³-hybridized carbons (Fsp3) is 0.0333. The van der Waals surface area contributed by atoms with Crippen LogP contribution in [0.4, 0.5) is 17.1 Å². The van der Waals surface area contributed by atoms with Crippen LogP contribution >= 0.6 is 23.2 Å². The van der Waals surface area contributed by atoms with Gasteiger partial charge in [-0.2, -0.15) is 0 Å². The van der Waals surface area contributed by atoms with Crippen LogP contribution < -0.4 is 20.3 Å². The first-order chi connectivity index (χ1) is 18.8. The van der Waals surface area contributed by atoms with Gasteiger partial charge in [-0.1, -0.05) is 53.5 Å². The molecule has 2 N–H and O–H groups in total.